The van der Waals surface area contributed by atoms with E-state index in [-0.39, 0.29) is 49.3 Å². The molecular formula is C19H38N7O11S2-. The number of hydroxylamine groups is 1. The fourth-order valence-corrected chi connectivity index (χ4v) is 4.04. The van der Waals surface area contributed by atoms with Crippen LogP contribution in [0.3, 0.4) is 0 Å². The van der Waals surface area contributed by atoms with E-state index in [4.69, 9.17) is 26.8 Å². The third kappa shape index (κ3) is 18.2. The summed E-state index contributed by atoms with van der Waals surface area (Å²) < 4.78 is 0. The Morgan fingerprint density at radius 1 is 0.846 bits per heavy atom. The van der Waals surface area contributed by atoms with Crippen molar-refractivity contribution in [3.8, 4) is 0 Å². The second-order valence-corrected chi connectivity index (χ2v) is 10.1. The van der Waals surface area contributed by atoms with E-state index in [0.29, 0.717) is 5.17 Å². The van der Waals surface area contributed by atoms with E-state index in [9.17, 15) is 39.7 Å². The van der Waals surface area contributed by atoms with E-state index in [1.807, 2.05) is 0 Å². The highest BCUT2D eigenvalue weighted by molar-refractivity contribution is 8.00. The van der Waals surface area contributed by atoms with Gasteiger partial charge in [0.1, 0.15) is 12.1 Å². The van der Waals surface area contributed by atoms with Crippen molar-refractivity contribution < 1.29 is 49.8 Å². The molecule has 0 fully saturated rings. The van der Waals surface area contributed by atoms with Gasteiger partial charge < -0.3 is 68.4 Å². The molecule has 0 aliphatic heterocycles. The first-order valence-electron chi connectivity index (χ1n) is 11.5. The zero-order valence-electron chi connectivity index (χ0n) is 21.0. The Morgan fingerprint density at radius 2 is 1.44 bits per heavy atom. The van der Waals surface area contributed by atoms with Crippen molar-refractivity contribution >= 4 is 47.2 Å². The minimum absolute atomic E-state index is 0.000979. The van der Waals surface area contributed by atoms with Gasteiger partial charge in [-0.3, -0.25) is 24.6 Å². The fourth-order valence-electron chi connectivity index (χ4n) is 2.43. The third-order valence-corrected chi connectivity index (χ3v) is 6.71. The predicted octanol–water partition coefficient (Wildman–Crippen LogP) is -6.41. The lowest BCUT2D eigenvalue weighted by molar-refractivity contribution is -0.143. The lowest BCUT2D eigenvalue weighted by Gasteiger charge is -2.28. The van der Waals surface area contributed by atoms with Crippen LogP contribution in [0.4, 0.5) is 0 Å². The number of carboxylic acid groups (broad SMARTS) is 1. The summed E-state index contributed by atoms with van der Waals surface area (Å²) >= 11 is 2.07. The highest BCUT2D eigenvalue weighted by atomic mass is 32.2. The number of aliphatic hydroxyl groups is 5. The van der Waals surface area contributed by atoms with Gasteiger partial charge in [-0.05, 0) is 0 Å². The number of thioether (sulfide) groups is 2. The summed E-state index contributed by atoms with van der Waals surface area (Å²) in [6.45, 7) is -0.168. The van der Waals surface area contributed by atoms with Crippen LogP contribution in [0.2, 0.25) is 0 Å². The number of nitrogens with two attached hydrogens (primary N) is 2. The summed E-state index contributed by atoms with van der Waals surface area (Å²) in [7, 11) is 0. The number of carbonyl (C=O) groups is 4. The molecule has 0 aromatic heterocycles. The zero-order valence-corrected chi connectivity index (χ0v) is 22.6. The molecule has 0 aromatic rings. The van der Waals surface area contributed by atoms with Crippen LogP contribution in [0, 0.1) is 5.21 Å². The summed E-state index contributed by atoms with van der Waals surface area (Å²) in [4.78, 5) is 46.1. The van der Waals surface area contributed by atoms with Crippen LogP contribution >= 0.6 is 23.5 Å². The maximum atomic E-state index is 12.0. The van der Waals surface area contributed by atoms with Crippen molar-refractivity contribution in [1.29, 1.82) is 0 Å². The lowest BCUT2D eigenvalue weighted by Crippen LogP contribution is -2.49. The number of nitrogens with zero attached hydrogens (tertiary/aromatic N) is 1. The number of carboxylic acids is 1. The highest BCUT2D eigenvalue weighted by Crippen LogP contribution is 2.06. The molecule has 3 amide bonds. The molecule has 228 valence electrons. The summed E-state index contributed by atoms with van der Waals surface area (Å²) in [5.41, 5.74) is 13.1. The second-order valence-electron chi connectivity index (χ2n) is 8.02. The standard InChI is InChI=1S/C19H38N7O11S2/c20-10(18(33)34)6-38-8-14(29)23-1-2-24-17(32)16(31)15(30)12(27)5-13(28)22-3-4-25-26(37)9-39-7-11(21)19(35)36/h10-12,15-16,18,25,27,30-31,33-34H,1-9,20-21H2,(H,22,28)(H,23,29)(H,24,32)(H,35,36)/q-1/t10?,11?,12-,15-,16+/m1/s1. The van der Waals surface area contributed by atoms with Gasteiger partial charge in [-0.1, -0.05) is 0 Å². The number of nitrogens with one attached hydrogen (secondary N) is 4. The van der Waals surface area contributed by atoms with Gasteiger partial charge in [-0.15, -0.1) is 11.8 Å². The van der Waals surface area contributed by atoms with E-state index < -0.39 is 66.8 Å². The van der Waals surface area contributed by atoms with Crippen LogP contribution in [0.5, 0.6) is 0 Å². The Labute approximate surface area is 232 Å². The monoisotopic (exact) mass is 604 g/mol. The third-order valence-electron chi connectivity index (χ3n) is 4.61. The zero-order chi connectivity index (χ0) is 30.0. The van der Waals surface area contributed by atoms with Crippen LogP contribution in [-0.4, -0.2) is 146 Å². The second kappa shape index (κ2) is 21.0. The largest absolute Gasteiger partial charge is 0.771 e. The molecule has 0 saturated heterocycles. The summed E-state index contributed by atoms with van der Waals surface area (Å²) in [5, 5.41) is 75.2. The number of amides is 3. The Balaban J connectivity index is 4.07. The first-order valence-corrected chi connectivity index (χ1v) is 13.9. The fraction of sp³-hybridized carbons (Fsp3) is 0.789. The van der Waals surface area contributed by atoms with Gasteiger partial charge in [0.2, 0.25) is 11.8 Å². The molecule has 0 rings (SSSR count). The van der Waals surface area contributed by atoms with Gasteiger partial charge >= 0.3 is 5.97 Å². The number of carbonyl (C=O) groups excluding carboxylic acids is 3. The lowest BCUT2D eigenvalue weighted by atomic mass is 10.0. The molecule has 2 unspecified atom stereocenters. The maximum Gasteiger partial charge on any atom is 0.321 e. The average molecular weight is 605 g/mol. The molecule has 0 saturated carbocycles. The average Bonchev–Trinajstić information content (AvgIpc) is 2.87. The van der Waals surface area contributed by atoms with Crippen molar-refractivity contribution in [3.63, 3.8) is 0 Å². The van der Waals surface area contributed by atoms with Crippen LogP contribution in [0.1, 0.15) is 6.42 Å². The van der Waals surface area contributed by atoms with E-state index in [0.717, 1.165) is 23.5 Å². The first-order chi connectivity index (χ1) is 18.3. The molecule has 18 nitrogen and oxygen atoms in total. The van der Waals surface area contributed by atoms with Crippen LogP contribution in [0.25, 0.3) is 0 Å². The first kappa shape index (κ1) is 37.2. The molecule has 14 N–H and O–H groups in total. The van der Waals surface area contributed by atoms with E-state index >= 15 is 0 Å². The van der Waals surface area contributed by atoms with Gasteiger partial charge in [-0.2, -0.15) is 11.8 Å². The topological polar surface area (TPSA) is 316 Å². The smallest absolute Gasteiger partial charge is 0.321 e. The quantitative estimate of drug-likeness (QED) is 0.0310. The molecule has 39 heavy (non-hydrogen) atoms. The molecule has 0 bridgehead atoms. The number of aliphatic carboxylic acids is 1. The minimum atomic E-state index is -2.06. The van der Waals surface area contributed by atoms with Crippen molar-refractivity contribution in [2.24, 2.45) is 11.5 Å². The van der Waals surface area contributed by atoms with E-state index in [2.05, 4.69) is 21.4 Å². The minimum Gasteiger partial charge on any atom is -0.771 e. The molecule has 0 spiro atoms. The molecule has 0 heterocycles. The SMILES string of the molecule is NC(CSCN([O-])NCCNC(=O)C[C@@H](O)[C@@H](O)[C@H](O)C(=O)NCCNC(=O)CSCC(N)C(O)O)C(=O)O. The Morgan fingerprint density at radius 3 is 2.05 bits per heavy atom. The van der Waals surface area contributed by atoms with Crippen LogP contribution in [-0.2, 0) is 19.2 Å². The number of hydrogen-bond acceptors (Lipinski definition) is 16. The van der Waals surface area contributed by atoms with E-state index in [1.165, 1.54) is 0 Å². The maximum absolute atomic E-state index is 12.0. The summed E-state index contributed by atoms with van der Waals surface area (Å²) in [6.07, 6.45) is -8.19. The molecule has 20 heteroatoms. The van der Waals surface area contributed by atoms with Gasteiger partial charge in [0.25, 0.3) is 5.91 Å². The van der Waals surface area contributed by atoms with Crippen molar-refractivity contribution in [2.75, 3.05) is 49.3 Å². The van der Waals surface area contributed by atoms with Crippen molar-refractivity contribution in [2.45, 2.75) is 43.1 Å². The molecular weight excluding hydrogens is 566 g/mol. The van der Waals surface area contributed by atoms with E-state index in [1.54, 1.807) is 0 Å². The number of aliphatic hydroxyl groups excluding tert-OH is 4. The van der Waals surface area contributed by atoms with Gasteiger partial charge in [0.15, 0.2) is 12.4 Å². The number of hydrazine groups is 1. The Kier molecular flexibility index (Phi) is 20.0. The van der Waals surface area contributed by atoms with Crippen molar-refractivity contribution in [1.82, 2.24) is 26.5 Å². The molecule has 0 aliphatic carbocycles. The van der Waals surface area contributed by atoms with Crippen molar-refractivity contribution in [3.05, 3.63) is 5.21 Å². The Bertz CT molecular complexity index is 757. The van der Waals surface area contributed by atoms with Crippen LogP contribution < -0.4 is 32.8 Å². The van der Waals surface area contributed by atoms with Gasteiger partial charge in [-0.25, -0.2) is 0 Å². The Hall–Kier alpha value is -1.82. The van der Waals surface area contributed by atoms with Gasteiger partial charge in [0, 0.05) is 43.6 Å². The molecule has 0 radical (unpaired) electrons. The number of hydrogen-bond donors (Lipinski definition) is 12. The normalized spacial score (nSPS) is 15.3. The number of rotatable bonds is 22. The van der Waals surface area contributed by atoms with Crippen LogP contribution in [0.15, 0.2) is 0 Å². The highest BCUT2D eigenvalue weighted by Gasteiger charge is 2.31. The van der Waals surface area contributed by atoms with Gasteiger partial charge in [0.05, 0.1) is 24.3 Å². The molecule has 0 aliphatic rings. The molecule has 5 atom stereocenters. The predicted molar refractivity (Wildman–Crippen MR) is 141 cm³/mol. The summed E-state index contributed by atoms with van der Waals surface area (Å²) in [5.74, 6) is -3.34. The molecule has 0 aromatic carbocycles. The summed E-state index contributed by atoms with van der Waals surface area (Å²) in [6, 6.07) is -2.00.